The number of anilines is 1. The third kappa shape index (κ3) is 5.26. The van der Waals surface area contributed by atoms with Crippen molar-refractivity contribution in [2.24, 2.45) is 0 Å². The number of aliphatic hydroxyl groups excluding tert-OH is 1. The summed E-state index contributed by atoms with van der Waals surface area (Å²) >= 11 is 0. The van der Waals surface area contributed by atoms with E-state index in [-0.39, 0.29) is 12.3 Å². The standard InChI is InChI=1S/C11H17N3O3/c15-8-4-2-1-3-7-12-10-6-5-9(11(16)17)13-14-10/h5-6,15H,1-4,7-8H2,(H,12,14)(H,16,17). The first-order chi connectivity index (χ1) is 8.24. The molecule has 0 amide bonds. The Morgan fingerprint density at radius 1 is 1.18 bits per heavy atom. The zero-order valence-corrected chi connectivity index (χ0v) is 9.59. The average Bonchev–Trinajstić information content (AvgIpc) is 2.34. The van der Waals surface area contributed by atoms with E-state index in [0.29, 0.717) is 5.82 Å². The Hall–Kier alpha value is -1.69. The van der Waals surface area contributed by atoms with Crippen LogP contribution in [0.5, 0.6) is 0 Å². The number of hydrogen-bond donors (Lipinski definition) is 3. The van der Waals surface area contributed by atoms with Crippen molar-refractivity contribution in [2.45, 2.75) is 25.7 Å². The van der Waals surface area contributed by atoms with Crippen molar-refractivity contribution in [2.75, 3.05) is 18.5 Å². The number of hydrogen-bond acceptors (Lipinski definition) is 5. The highest BCUT2D eigenvalue weighted by atomic mass is 16.4. The van der Waals surface area contributed by atoms with Gasteiger partial charge in [-0.25, -0.2) is 4.79 Å². The maximum Gasteiger partial charge on any atom is 0.356 e. The van der Waals surface area contributed by atoms with Crippen LogP contribution in [0.2, 0.25) is 0 Å². The number of carboxylic acid groups (broad SMARTS) is 1. The zero-order valence-electron chi connectivity index (χ0n) is 9.59. The third-order valence-corrected chi connectivity index (χ3v) is 2.27. The summed E-state index contributed by atoms with van der Waals surface area (Å²) in [5.41, 5.74) is -0.0569. The normalized spacial score (nSPS) is 10.2. The van der Waals surface area contributed by atoms with Gasteiger partial charge < -0.3 is 15.5 Å². The molecule has 0 fully saturated rings. The minimum absolute atomic E-state index is 0.0569. The maximum atomic E-state index is 10.5. The van der Waals surface area contributed by atoms with Crippen LogP contribution in [0.3, 0.4) is 0 Å². The van der Waals surface area contributed by atoms with Gasteiger partial charge in [0.2, 0.25) is 0 Å². The van der Waals surface area contributed by atoms with E-state index in [1.165, 1.54) is 6.07 Å². The fourth-order valence-corrected chi connectivity index (χ4v) is 1.35. The van der Waals surface area contributed by atoms with Crippen LogP contribution >= 0.6 is 0 Å². The predicted molar refractivity (Wildman–Crippen MR) is 63.0 cm³/mol. The van der Waals surface area contributed by atoms with Crippen LogP contribution in [-0.4, -0.2) is 39.5 Å². The lowest BCUT2D eigenvalue weighted by molar-refractivity contribution is 0.0689. The van der Waals surface area contributed by atoms with Crippen molar-refractivity contribution >= 4 is 11.8 Å². The summed E-state index contributed by atoms with van der Waals surface area (Å²) in [5, 5.41) is 27.6. The smallest absolute Gasteiger partial charge is 0.356 e. The van der Waals surface area contributed by atoms with Gasteiger partial charge in [-0.2, -0.15) is 0 Å². The summed E-state index contributed by atoms with van der Waals surface area (Å²) in [5.74, 6) is -0.495. The van der Waals surface area contributed by atoms with Gasteiger partial charge in [0.1, 0.15) is 5.82 Å². The molecule has 0 aliphatic rings. The molecule has 0 saturated carbocycles. The number of carbonyl (C=O) groups is 1. The molecule has 0 spiro atoms. The van der Waals surface area contributed by atoms with E-state index in [1.54, 1.807) is 6.07 Å². The molecule has 0 aliphatic carbocycles. The number of nitrogens with one attached hydrogen (secondary N) is 1. The Morgan fingerprint density at radius 3 is 2.53 bits per heavy atom. The van der Waals surface area contributed by atoms with Gasteiger partial charge in [-0.15, -0.1) is 10.2 Å². The number of carboxylic acids is 1. The number of nitrogens with zero attached hydrogens (tertiary/aromatic N) is 2. The highest BCUT2D eigenvalue weighted by Gasteiger charge is 2.04. The molecule has 1 aromatic heterocycles. The van der Waals surface area contributed by atoms with E-state index in [2.05, 4.69) is 15.5 Å². The summed E-state index contributed by atoms with van der Waals surface area (Å²) in [6.45, 7) is 1.02. The molecule has 1 rings (SSSR count). The number of aliphatic hydroxyl groups is 1. The maximum absolute atomic E-state index is 10.5. The topological polar surface area (TPSA) is 95.3 Å². The first-order valence-corrected chi connectivity index (χ1v) is 5.66. The first-order valence-electron chi connectivity index (χ1n) is 5.66. The van der Waals surface area contributed by atoms with Crippen molar-refractivity contribution < 1.29 is 15.0 Å². The van der Waals surface area contributed by atoms with Crippen molar-refractivity contribution in [3.8, 4) is 0 Å². The van der Waals surface area contributed by atoms with Crippen LogP contribution in [0.1, 0.15) is 36.2 Å². The van der Waals surface area contributed by atoms with E-state index in [4.69, 9.17) is 10.2 Å². The van der Waals surface area contributed by atoms with E-state index in [9.17, 15) is 4.79 Å². The predicted octanol–water partition coefficient (Wildman–Crippen LogP) is 1.14. The monoisotopic (exact) mass is 239 g/mol. The lowest BCUT2D eigenvalue weighted by Crippen LogP contribution is -2.07. The number of aromatic carboxylic acids is 1. The summed E-state index contributed by atoms with van der Waals surface area (Å²) in [6.07, 6.45) is 3.89. The van der Waals surface area contributed by atoms with Gasteiger partial charge in [-0.05, 0) is 25.0 Å². The van der Waals surface area contributed by atoms with Crippen LogP contribution in [0.15, 0.2) is 12.1 Å². The van der Waals surface area contributed by atoms with Crippen LogP contribution in [0.4, 0.5) is 5.82 Å². The Labute approximate surface area is 99.7 Å². The molecule has 3 N–H and O–H groups in total. The molecule has 0 bridgehead atoms. The Bertz CT molecular complexity index is 340. The summed E-state index contributed by atoms with van der Waals surface area (Å²) in [4.78, 5) is 10.5. The van der Waals surface area contributed by atoms with Gasteiger partial charge in [0, 0.05) is 13.2 Å². The van der Waals surface area contributed by atoms with Crippen molar-refractivity contribution in [3.05, 3.63) is 17.8 Å². The molecule has 1 heterocycles. The van der Waals surface area contributed by atoms with Gasteiger partial charge in [-0.3, -0.25) is 0 Å². The van der Waals surface area contributed by atoms with E-state index in [1.807, 2.05) is 0 Å². The molecule has 0 aliphatic heterocycles. The summed E-state index contributed by atoms with van der Waals surface area (Å²) in [7, 11) is 0. The Kier molecular flexibility index (Phi) is 5.95. The second kappa shape index (κ2) is 7.56. The van der Waals surface area contributed by atoms with Gasteiger partial charge in [0.15, 0.2) is 5.69 Å². The molecule has 94 valence electrons. The summed E-state index contributed by atoms with van der Waals surface area (Å²) < 4.78 is 0. The average molecular weight is 239 g/mol. The quantitative estimate of drug-likeness (QED) is 0.589. The van der Waals surface area contributed by atoms with Crippen LogP contribution in [0.25, 0.3) is 0 Å². The van der Waals surface area contributed by atoms with Crippen molar-refractivity contribution in [1.82, 2.24) is 10.2 Å². The molecule has 0 aromatic carbocycles. The molecular formula is C11H17N3O3. The second-order valence-corrected chi connectivity index (χ2v) is 3.67. The van der Waals surface area contributed by atoms with Crippen LogP contribution < -0.4 is 5.32 Å². The molecule has 0 saturated heterocycles. The first kappa shape index (κ1) is 13.4. The zero-order chi connectivity index (χ0) is 12.5. The molecule has 0 unspecified atom stereocenters. The van der Waals surface area contributed by atoms with E-state index in [0.717, 1.165) is 32.2 Å². The van der Waals surface area contributed by atoms with Gasteiger partial charge in [0.25, 0.3) is 0 Å². The van der Waals surface area contributed by atoms with E-state index >= 15 is 0 Å². The van der Waals surface area contributed by atoms with Crippen molar-refractivity contribution in [3.63, 3.8) is 0 Å². The highest BCUT2D eigenvalue weighted by Crippen LogP contribution is 2.04. The molecule has 6 nitrogen and oxygen atoms in total. The van der Waals surface area contributed by atoms with Crippen LogP contribution in [-0.2, 0) is 0 Å². The second-order valence-electron chi connectivity index (χ2n) is 3.67. The van der Waals surface area contributed by atoms with Crippen molar-refractivity contribution in [1.29, 1.82) is 0 Å². The molecular weight excluding hydrogens is 222 g/mol. The third-order valence-electron chi connectivity index (χ3n) is 2.27. The molecule has 0 radical (unpaired) electrons. The molecule has 6 heteroatoms. The fraction of sp³-hybridized carbons (Fsp3) is 0.545. The lowest BCUT2D eigenvalue weighted by Gasteiger charge is -2.04. The Morgan fingerprint density at radius 2 is 1.94 bits per heavy atom. The highest BCUT2D eigenvalue weighted by molar-refractivity contribution is 5.85. The minimum atomic E-state index is -1.08. The van der Waals surface area contributed by atoms with Crippen LogP contribution in [0, 0.1) is 0 Å². The largest absolute Gasteiger partial charge is 0.476 e. The van der Waals surface area contributed by atoms with E-state index < -0.39 is 5.97 Å². The Balaban J connectivity index is 2.21. The molecule has 1 aromatic rings. The number of rotatable bonds is 8. The lowest BCUT2D eigenvalue weighted by atomic mass is 10.2. The van der Waals surface area contributed by atoms with Gasteiger partial charge in [-0.1, -0.05) is 12.8 Å². The SMILES string of the molecule is O=C(O)c1ccc(NCCCCCCO)nn1. The fourth-order valence-electron chi connectivity index (χ4n) is 1.35. The number of aromatic nitrogens is 2. The summed E-state index contributed by atoms with van der Waals surface area (Å²) in [6, 6.07) is 3.02. The van der Waals surface area contributed by atoms with Gasteiger partial charge in [0.05, 0.1) is 0 Å². The molecule has 17 heavy (non-hydrogen) atoms. The minimum Gasteiger partial charge on any atom is -0.476 e. The van der Waals surface area contributed by atoms with Gasteiger partial charge >= 0.3 is 5.97 Å². The number of unbranched alkanes of at least 4 members (excludes halogenated alkanes) is 3. The molecule has 0 atom stereocenters.